The number of fused-ring (bicyclic) bond motifs is 1. The lowest BCUT2D eigenvalue weighted by molar-refractivity contribution is -0.127. The summed E-state index contributed by atoms with van der Waals surface area (Å²) in [7, 11) is 1.24. The van der Waals surface area contributed by atoms with Gasteiger partial charge in [0.05, 0.1) is 13.7 Å². The number of hydrogen-bond donors (Lipinski definition) is 1. The molecule has 33 heavy (non-hydrogen) atoms. The van der Waals surface area contributed by atoms with Gasteiger partial charge in [-0.15, -0.1) is 0 Å². The van der Waals surface area contributed by atoms with Crippen LogP contribution in [0.15, 0.2) is 24.3 Å². The van der Waals surface area contributed by atoms with Crippen LogP contribution in [0.5, 0.6) is 0 Å². The lowest BCUT2D eigenvalue weighted by Gasteiger charge is -2.44. The molecule has 0 saturated heterocycles. The second-order valence-electron chi connectivity index (χ2n) is 9.07. The molecule has 1 aliphatic carbocycles. The van der Waals surface area contributed by atoms with Gasteiger partial charge in [-0.2, -0.15) is 5.10 Å². The average Bonchev–Trinajstić information content (AvgIpc) is 3.03. The largest absolute Gasteiger partial charge is 0.464 e. The second kappa shape index (κ2) is 8.96. The Morgan fingerprint density at radius 1 is 1.18 bits per heavy atom. The molecule has 0 radical (unpaired) electrons. The number of nitrogens with one attached hydrogen (secondary N) is 1. The summed E-state index contributed by atoms with van der Waals surface area (Å²) in [4.78, 5) is 40.8. The van der Waals surface area contributed by atoms with E-state index in [0.29, 0.717) is 11.3 Å². The van der Waals surface area contributed by atoms with E-state index in [1.807, 2.05) is 0 Å². The maximum absolute atomic E-state index is 13.8. The first-order chi connectivity index (χ1) is 15.7. The van der Waals surface area contributed by atoms with E-state index in [1.165, 1.54) is 41.0 Å². The van der Waals surface area contributed by atoms with Crippen molar-refractivity contribution in [2.75, 3.05) is 12.0 Å². The Labute approximate surface area is 192 Å². The number of methoxy groups -OCH3 is 1. The van der Waals surface area contributed by atoms with E-state index in [-0.39, 0.29) is 29.9 Å². The molecular formula is C24H29FN4O4. The fraction of sp³-hybridized carbons (Fsp3) is 0.500. The van der Waals surface area contributed by atoms with Crippen LogP contribution in [-0.4, -0.2) is 46.3 Å². The van der Waals surface area contributed by atoms with Crippen LogP contribution in [0, 0.1) is 12.7 Å². The molecule has 0 spiro atoms. The number of halogens is 1. The summed E-state index contributed by atoms with van der Waals surface area (Å²) in [5.74, 6) is -1.88. The van der Waals surface area contributed by atoms with Crippen molar-refractivity contribution in [1.82, 2.24) is 15.1 Å². The zero-order valence-corrected chi connectivity index (χ0v) is 19.2. The molecule has 1 aromatic carbocycles. The summed E-state index contributed by atoms with van der Waals surface area (Å²) in [5, 5.41) is 7.38. The Balaban J connectivity index is 1.77. The number of benzene rings is 1. The third kappa shape index (κ3) is 4.24. The van der Waals surface area contributed by atoms with Gasteiger partial charge in [-0.25, -0.2) is 9.18 Å². The smallest absolute Gasteiger partial charge is 0.358 e. The Hall–Kier alpha value is -3.23. The Kier molecular flexibility index (Phi) is 6.23. The van der Waals surface area contributed by atoms with Crippen molar-refractivity contribution < 1.29 is 23.5 Å². The molecule has 1 atom stereocenters. The zero-order valence-electron chi connectivity index (χ0n) is 19.2. The Morgan fingerprint density at radius 2 is 1.88 bits per heavy atom. The molecule has 2 aliphatic rings. The fourth-order valence-electron chi connectivity index (χ4n) is 4.80. The van der Waals surface area contributed by atoms with Crippen LogP contribution in [0.2, 0.25) is 0 Å². The van der Waals surface area contributed by atoms with E-state index >= 15 is 0 Å². The molecule has 2 heterocycles. The molecule has 2 amide bonds. The SMILES string of the molecule is COC(=O)c1cc2n(n1)C[C@@](C)(C(=O)NC1CCCCCC1)N(c1ccc(F)cc1C)C2=O. The van der Waals surface area contributed by atoms with Crippen LogP contribution >= 0.6 is 0 Å². The number of amides is 2. The number of anilines is 1. The van der Waals surface area contributed by atoms with Crippen LogP contribution < -0.4 is 10.2 Å². The van der Waals surface area contributed by atoms with Crippen molar-refractivity contribution in [1.29, 1.82) is 0 Å². The van der Waals surface area contributed by atoms with E-state index in [0.717, 1.165) is 38.5 Å². The van der Waals surface area contributed by atoms with Gasteiger partial charge in [0.2, 0.25) is 5.91 Å². The number of esters is 1. The van der Waals surface area contributed by atoms with Crippen molar-refractivity contribution in [3.8, 4) is 0 Å². The van der Waals surface area contributed by atoms with Crippen LogP contribution in [-0.2, 0) is 16.1 Å². The molecule has 9 heteroatoms. The molecule has 8 nitrogen and oxygen atoms in total. The van der Waals surface area contributed by atoms with Gasteiger partial charge < -0.3 is 10.1 Å². The van der Waals surface area contributed by atoms with Gasteiger partial charge in [0.15, 0.2) is 5.69 Å². The normalized spacial score (nSPS) is 21.3. The average molecular weight is 457 g/mol. The molecule has 1 fully saturated rings. The summed E-state index contributed by atoms with van der Waals surface area (Å²) in [6.07, 6.45) is 6.18. The lowest BCUT2D eigenvalue weighted by Crippen LogP contribution is -2.65. The van der Waals surface area contributed by atoms with Gasteiger partial charge in [-0.1, -0.05) is 25.7 Å². The van der Waals surface area contributed by atoms with E-state index in [2.05, 4.69) is 10.4 Å². The predicted octanol–water partition coefficient (Wildman–Crippen LogP) is 3.38. The Morgan fingerprint density at radius 3 is 2.52 bits per heavy atom. The Bertz CT molecular complexity index is 1090. The van der Waals surface area contributed by atoms with Gasteiger partial charge in [-0.05, 0) is 50.5 Å². The van der Waals surface area contributed by atoms with E-state index in [1.54, 1.807) is 13.8 Å². The standard InChI is InChI=1S/C24H29FN4O4/c1-15-12-16(25)10-11-19(15)29-21(30)20-13-18(22(31)33-3)27-28(20)14-24(29,2)23(32)26-17-8-6-4-5-7-9-17/h10-13,17H,4-9,14H2,1-3H3,(H,26,32)/t24-/m0/s1. The van der Waals surface area contributed by atoms with Gasteiger partial charge in [0.25, 0.3) is 5.91 Å². The first-order valence-electron chi connectivity index (χ1n) is 11.3. The van der Waals surface area contributed by atoms with Crippen molar-refractivity contribution in [3.05, 3.63) is 47.0 Å². The van der Waals surface area contributed by atoms with Crippen molar-refractivity contribution in [2.45, 2.75) is 70.5 Å². The summed E-state index contributed by atoms with van der Waals surface area (Å²) >= 11 is 0. The zero-order chi connectivity index (χ0) is 23.8. The van der Waals surface area contributed by atoms with E-state index in [4.69, 9.17) is 4.74 Å². The maximum Gasteiger partial charge on any atom is 0.358 e. The third-order valence-electron chi connectivity index (χ3n) is 6.63. The van der Waals surface area contributed by atoms with Gasteiger partial charge >= 0.3 is 5.97 Å². The summed E-state index contributed by atoms with van der Waals surface area (Å²) in [6, 6.07) is 5.51. The van der Waals surface area contributed by atoms with Gasteiger partial charge in [-0.3, -0.25) is 19.2 Å². The number of rotatable bonds is 4. The quantitative estimate of drug-likeness (QED) is 0.562. The summed E-state index contributed by atoms with van der Waals surface area (Å²) in [6.45, 7) is 3.42. The molecule has 176 valence electrons. The molecule has 2 aromatic rings. The minimum absolute atomic E-state index is 0.00921. The van der Waals surface area contributed by atoms with Crippen LogP contribution in [0.4, 0.5) is 10.1 Å². The molecular weight excluding hydrogens is 427 g/mol. The van der Waals surface area contributed by atoms with Gasteiger partial charge in [0, 0.05) is 17.8 Å². The van der Waals surface area contributed by atoms with Gasteiger partial charge in [0.1, 0.15) is 17.1 Å². The van der Waals surface area contributed by atoms with Crippen LogP contribution in [0.25, 0.3) is 0 Å². The number of aromatic nitrogens is 2. The number of ether oxygens (including phenoxy) is 1. The van der Waals surface area contributed by atoms with Crippen LogP contribution in [0.3, 0.4) is 0 Å². The number of aryl methyl sites for hydroxylation is 1. The molecule has 4 rings (SSSR count). The highest BCUT2D eigenvalue weighted by atomic mass is 19.1. The molecule has 1 saturated carbocycles. The first kappa shape index (κ1) is 22.9. The van der Waals surface area contributed by atoms with E-state index < -0.39 is 23.2 Å². The first-order valence-corrected chi connectivity index (χ1v) is 11.3. The minimum Gasteiger partial charge on any atom is -0.464 e. The highest BCUT2D eigenvalue weighted by molar-refractivity contribution is 6.12. The number of hydrogen-bond acceptors (Lipinski definition) is 5. The number of nitrogens with zero attached hydrogens (tertiary/aromatic N) is 3. The van der Waals surface area contributed by atoms with Crippen molar-refractivity contribution in [3.63, 3.8) is 0 Å². The van der Waals surface area contributed by atoms with Crippen molar-refractivity contribution >= 4 is 23.5 Å². The number of carbonyl (C=O) groups excluding carboxylic acids is 3. The summed E-state index contributed by atoms with van der Waals surface area (Å²) in [5.41, 5.74) is -0.216. The highest BCUT2D eigenvalue weighted by Gasteiger charge is 2.50. The summed E-state index contributed by atoms with van der Waals surface area (Å²) < 4.78 is 20.0. The molecule has 0 bridgehead atoms. The molecule has 1 N–H and O–H groups in total. The fourth-order valence-corrected chi connectivity index (χ4v) is 4.80. The van der Waals surface area contributed by atoms with E-state index in [9.17, 15) is 18.8 Å². The molecule has 0 unspecified atom stereocenters. The molecule has 1 aliphatic heterocycles. The monoisotopic (exact) mass is 456 g/mol. The highest BCUT2D eigenvalue weighted by Crippen LogP contribution is 2.35. The maximum atomic E-state index is 13.8. The lowest BCUT2D eigenvalue weighted by atomic mass is 9.92. The molecule has 1 aromatic heterocycles. The number of carbonyl (C=O) groups is 3. The predicted molar refractivity (Wildman–Crippen MR) is 120 cm³/mol. The third-order valence-corrected chi connectivity index (χ3v) is 6.63. The topological polar surface area (TPSA) is 93.5 Å². The minimum atomic E-state index is -1.33. The van der Waals surface area contributed by atoms with Crippen molar-refractivity contribution in [2.24, 2.45) is 0 Å². The van der Waals surface area contributed by atoms with Crippen LogP contribution in [0.1, 0.15) is 72.0 Å². The second-order valence-corrected chi connectivity index (χ2v) is 9.07.